The maximum absolute atomic E-state index is 15.8. The van der Waals surface area contributed by atoms with Crippen LogP contribution in [0.15, 0.2) is 27.5 Å². The van der Waals surface area contributed by atoms with Crippen molar-refractivity contribution in [1.29, 1.82) is 0 Å². The van der Waals surface area contributed by atoms with Gasteiger partial charge in [0.05, 0.1) is 5.69 Å². The van der Waals surface area contributed by atoms with Crippen molar-refractivity contribution in [3.05, 3.63) is 52.4 Å². The Balaban J connectivity index is 1.35. The molecule has 0 unspecified atom stereocenters. The molecule has 0 radical (unpaired) electrons. The molecule has 3 heterocycles. The van der Waals surface area contributed by atoms with E-state index < -0.39 is 41.5 Å². The number of hydrogen-bond donors (Lipinski definition) is 3. The summed E-state index contributed by atoms with van der Waals surface area (Å²) in [4.78, 5) is 57.6. The number of hydrogen-bond acceptors (Lipinski definition) is 11. The molecular formula is C33H44FN9O6. The van der Waals surface area contributed by atoms with E-state index in [0.29, 0.717) is 62.6 Å². The molecule has 2 aromatic heterocycles. The Kier molecular flexibility index (Phi) is 11.4. The van der Waals surface area contributed by atoms with E-state index in [0.717, 1.165) is 12.8 Å². The summed E-state index contributed by atoms with van der Waals surface area (Å²) >= 11 is 0. The highest BCUT2D eigenvalue weighted by atomic mass is 19.1. The van der Waals surface area contributed by atoms with Crippen LogP contribution in [0.25, 0.3) is 0 Å². The van der Waals surface area contributed by atoms with Gasteiger partial charge in [-0.25, -0.2) is 13.6 Å². The lowest BCUT2D eigenvalue weighted by Crippen LogP contribution is -2.55. The van der Waals surface area contributed by atoms with E-state index in [9.17, 15) is 19.2 Å². The minimum absolute atomic E-state index is 0.0109. The molecule has 15 nitrogen and oxygen atoms in total. The predicted molar refractivity (Wildman–Crippen MR) is 174 cm³/mol. The summed E-state index contributed by atoms with van der Waals surface area (Å²) in [6.07, 6.45) is 3.65. The van der Waals surface area contributed by atoms with Crippen molar-refractivity contribution in [2.24, 2.45) is 11.8 Å². The topological polar surface area (TPSA) is 189 Å². The van der Waals surface area contributed by atoms with Crippen molar-refractivity contribution in [2.45, 2.75) is 77.8 Å². The molecule has 16 heteroatoms. The fraction of sp³-hybridized carbons (Fsp3) is 0.576. The van der Waals surface area contributed by atoms with Gasteiger partial charge in [-0.3, -0.25) is 19.2 Å². The van der Waals surface area contributed by atoms with Gasteiger partial charge in [0.25, 0.3) is 11.8 Å². The number of aromatic nitrogens is 4. The quantitative estimate of drug-likeness (QED) is 0.270. The molecule has 3 aromatic rings. The van der Waals surface area contributed by atoms with E-state index in [1.807, 2.05) is 14.0 Å². The second kappa shape index (κ2) is 15.7. The number of anilines is 1. The maximum Gasteiger partial charge on any atom is 0.276 e. The molecule has 3 atom stereocenters. The van der Waals surface area contributed by atoms with Gasteiger partial charge >= 0.3 is 0 Å². The standard InChI is InChI=1S/C33H44FN9O6/c1-6-24-29(41-49-39-24)32(46)37-28(21-9-7-18(2)8-10-21)31(45)35-25-12-11-22(17-23(25)34)19(3)26(33(47)43-15-13-42(5)14-16-43)36-30(44)27-20(4)38-48-40-27/h11-12,17-19,21,26,28H,6-10,13-16H2,1-5H3,(H,35,45)(H,36,44)(H,37,46)/t18?,19-,21?,26+,28-/m0/s1. The van der Waals surface area contributed by atoms with E-state index in [1.165, 1.54) is 12.1 Å². The highest BCUT2D eigenvalue weighted by Crippen LogP contribution is 2.32. The monoisotopic (exact) mass is 681 g/mol. The zero-order valence-electron chi connectivity index (χ0n) is 28.5. The number of aryl methyl sites for hydroxylation is 2. The number of rotatable bonds is 11. The number of benzene rings is 1. The van der Waals surface area contributed by atoms with Gasteiger partial charge in [0.2, 0.25) is 11.8 Å². The Hall–Kier alpha value is -4.73. The number of amides is 4. The third-order valence-electron chi connectivity index (χ3n) is 9.72. The SMILES string of the molecule is CCc1nonc1C(=O)N[C@H](C(=O)Nc1ccc([C@H](C)[C@@H](NC(=O)c2nonc2C)C(=O)N2CCN(C)CC2)cc1F)C1CCC(C)CC1. The van der Waals surface area contributed by atoms with Gasteiger partial charge in [-0.2, -0.15) is 0 Å². The Bertz CT molecular complexity index is 1640. The molecular weight excluding hydrogens is 637 g/mol. The summed E-state index contributed by atoms with van der Waals surface area (Å²) in [7, 11) is 1.97. The van der Waals surface area contributed by atoms with Gasteiger partial charge in [0.15, 0.2) is 11.4 Å². The normalized spacial score (nSPS) is 20.2. The van der Waals surface area contributed by atoms with Crippen LogP contribution in [-0.4, -0.2) is 99.4 Å². The zero-order valence-corrected chi connectivity index (χ0v) is 28.5. The Morgan fingerprint density at radius 3 is 2.22 bits per heavy atom. The van der Waals surface area contributed by atoms with E-state index in [4.69, 9.17) is 4.63 Å². The summed E-state index contributed by atoms with van der Waals surface area (Å²) < 4.78 is 25.2. The number of likely N-dealkylation sites (N-methyl/N-ethyl adjacent to an activating group) is 1. The van der Waals surface area contributed by atoms with Crippen molar-refractivity contribution in [3.63, 3.8) is 0 Å². The third-order valence-corrected chi connectivity index (χ3v) is 9.72. The highest BCUT2D eigenvalue weighted by Gasteiger charge is 2.36. The van der Waals surface area contributed by atoms with Crippen molar-refractivity contribution < 1.29 is 32.8 Å². The second-order valence-electron chi connectivity index (χ2n) is 13.2. The van der Waals surface area contributed by atoms with E-state index >= 15 is 4.39 Å². The first-order valence-electron chi connectivity index (χ1n) is 16.8. The average Bonchev–Trinajstić information content (AvgIpc) is 3.76. The fourth-order valence-corrected chi connectivity index (χ4v) is 6.43. The molecule has 1 aromatic carbocycles. The molecule has 0 spiro atoms. The lowest BCUT2D eigenvalue weighted by Gasteiger charge is -2.36. The third kappa shape index (κ3) is 8.29. The first-order valence-corrected chi connectivity index (χ1v) is 16.8. The molecule has 4 amide bonds. The molecule has 264 valence electrons. The summed E-state index contributed by atoms with van der Waals surface area (Å²) in [5, 5.41) is 23.0. The Morgan fingerprint density at radius 1 is 0.939 bits per heavy atom. The molecule has 1 aliphatic carbocycles. The number of carbonyl (C=O) groups is 4. The van der Waals surface area contributed by atoms with Crippen molar-refractivity contribution in [2.75, 3.05) is 38.5 Å². The summed E-state index contributed by atoms with van der Waals surface area (Å²) in [6, 6.07) is 2.26. The van der Waals surface area contributed by atoms with Crippen LogP contribution in [-0.2, 0) is 16.0 Å². The van der Waals surface area contributed by atoms with E-state index in [1.54, 1.807) is 24.8 Å². The van der Waals surface area contributed by atoms with E-state index in [-0.39, 0.29) is 34.6 Å². The van der Waals surface area contributed by atoms with E-state index in [2.05, 4.69) is 53.0 Å². The van der Waals surface area contributed by atoms with Gasteiger partial charge in [-0.05, 0) is 73.1 Å². The molecule has 49 heavy (non-hydrogen) atoms. The van der Waals surface area contributed by atoms with Crippen molar-refractivity contribution >= 4 is 29.3 Å². The Morgan fingerprint density at radius 2 is 1.59 bits per heavy atom. The summed E-state index contributed by atoms with van der Waals surface area (Å²) in [5.74, 6) is -3.16. The van der Waals surface area contributed by atoms with Gasteiger partial charge in [0, 0.05) is 32.1 Å². The average molecular weight is 682 g/mol. The van der Waals surface area contributed by atoms with Crippen LogP contribution in [0.3, 0.4) is 0 Å². The molecule has 1 saturated heterocycles. The van der Waals surface area contributed by atoms with Gasteiger partial charge in [-0.1, -0.05) is 50.0 Å². The first-order chi connectivity index (χ1) is 23.5. The molecule has 2 aliphatic rings. The molecule has 5 rings (SSSR count). The van der Waals surface area contributed by atoms with Crippen LogP contribution in [0.4, 0.5) is 10.1 Å². The largest absolute Gasteiger partial charge is 0.338 e. The summed E-state index contributed by atoms with van der Waals surface area (Å²) in [5.41, 5.74) is 0.942. The van der Waals surface area contributed by atoms with Crippen molar-refractivity contribution in [1.82, 2.24) is 41.1 Å². The minimum atomic E-state index is -1.06. The van der Waals surface area contributed by atoms with Crippen LogP contribution in [0, 0.1) is 24.6 Å². The van der Waals surface area contributed by atoms with Crippen LogP contribution in [0.2, 0.25) is 0 Å². The molecule has 3 N–H and O–H groups in total. The number of piperazine rings is 1. The van der Waals surface area contributed by atoms with Gasteiger partial charge < -0.3 is 25.8 Å². The van der Waals surface area contributed by atoms with Crippen LogP contribution in [0.1, 0.15) is 90.3 Å². The molecule has 2 fully saturated rings. The number of halogens is 1. The lowest BCUT2D eigenvalue weighted by atomic mass is 9.79. The predicted octanol–water partition coefficient (Wildman–Crippen LogP) is 2.70. The van der Waals surface area contributed by atoms with Gasteiger partial charge in [0.1, 0.15) is 29.3 Å². The summed E-state index contributed by atoms with van der Waals surface area (Å²) in [6.45, 7) is 9.54. The molecule has 1 aliphatic heterocycles. The number of nitrogens with zero attached hydrogens (tertiary/aromatic N) is 6. The number of nitrogens with one attached hydrogen (secondary N) is 3. The minimum Gasteiger partial charge on any atom is -0.338 e. The fourth-order valence-electron chi connectivity index (χ4n) is 6.43. The maximum atomic E-state index is 15.8. The highest BCUT2D eigenvalue weighted by molar-refractivity contribution is 6.01. The number of carbonyl (C=O) groups excluding carboxylic acids is 4. The van der Waals surface area contributed by atoms with Crippen LogP contribution < -0.4 is 16.0 Å². The van der Waals surface area contributed by atoms with Crippen molar-refractivity contribution in [3.8, 4) is 0 Å². The zero-order chi connectivity index (χ0) is 35.2. The first kappa shape index (κ1) is 35.6. The molecule has 1 saturated carbocycles. The van der Waals surface area contributed by atoms with Crippen LogP contribution >= 0.6 is 0 Å². The van der Waals surface area contributed by atoms with Gasteiger partial charge in [-0.15, -0.1) is 0 Å². The smallest absolute Gasteiger partial charge is 0.276 e. The Labute approximate surface area is 283 Å². The second-order valence-corrected chi connectivity index (χ2v) is 13.2. The van der Waals surface area contributed by atoms with Crippen LogP contribution in [0.5, 0.6) is 0 Å². The lowest BCUT2D eigenvalue weighted by molar-refractivity contribution is -0.135. The molecule has 0 bridgehead atoms.